The summed E-state index contributed by atoms with van der Waals surface area (Å²) in [6.07, 6.45) is 1.12. The van der Waals surface area contributed by atoms with Crippen molar-refractivity contribution in [3.8, 4) is 0 Å². The van der Waals surface area contributed by atoms with Gasteiger partial charge in [0.25, 0.3) is 0 Å². The van der Waals surface area contributed by atoms with E-state index < -0.39 is 0 Å². The van der Waals surface area contributed by atoms with Crippen molar-refractivity contribution >= 4 is 10.9 Å². The molecule has 0 saturated carbocycles. The summed E-state index contributed by atoms with van der Waals surface area (Å²) in [5, 5.41) is 4.79. The minimum absolute atomic E-state index is 1.12. The molecule has 0 radical (unpaired) electrons. The summed E-state index contributed by atoms with van der Waals surface area (Å²) in [7, 11) is 0. The van der Waals surface area contributed by atoms with E-state index in [2.05, 4.69) is 47.2 Å². The molecule has 2 N–H and O–H groups in total. The molecule has 1 aromatic carbocycles. The first-order valence-electron chi connectivity index (χ1n) is 7.25. The second-order valence-electron chi connectivity index (χ2n) is 5.57. The Morgan fingerprint density at radius 2 is 1.95 bits per heavy atom. The van der Waals surface area contributed by atoms with E-state index in [-0.39, 0.29) is 0 Å². The Morgan fingerprint density at radius 3 is 2.68 bits per heavy atom. The zero-order valence-corrected chi connectivity index (χ0v) is 11.9. The molecule has 102 valence electrons. The molecule has 2 aromatic rings. The van der Waals surface area contributed by atoms with Crippen molar-refractivity contribution in [1.29, 1.82) is 0 Å². The molecule has 0 amide bonds. The molecule has 0 unspecified atom stereocenters. The van der Waals surface area contributed by atoms with E-state index in [4.69, 9.17) is 0 Å². The molecule has 1 saturated heterocycles. The molecular weight excluding hydrogens is 234 g/mol. The fourth-order valence-electron chi connectivity index (χ4n) is 3.01. The zero-order chi connectivity index (χ0) is 13.2. The van der Waals surface area contributed by atoms with Gasteiger partial charge < -0.3 is 15.2 Å². The van der Waals surface area contributed by atoms with Gasteiger partial charge in [-0.05, 0) is 25.0 Å². The van der Waals surface area contributed by atoms with Gasteiger partial charge in [-0.1, -0.05) is 18.2 Å². The van der Waals surface area contributed by atoms with Crippen molar-refractivity contribution in [3.05, 3.63) is 35.0 Å². The van der Waals surface area contributed by atoms with Crippen LogP contribution in [0.3, 0.4) is 0 Å². The monoisotopic (exact) mass is 257 g/mol. The number of hydrogen-bond donors (Lipinski definition) is 2. The molecule has 3 rings (SSSR count). The number of para-hydroxylation sites is 1. The second kappa shape index (κ2) is 5.35. The Kier molecular flexibility index (Phi) is 3.58. The summed E-state index contributed by atoms with van der Waals surface area (Å²) in [5.41, 5.74) is 5.49. The number of fused-ring (bicyclic) bond motifs is 1. The molecule has 1 fully saturated rings. The number of hydrogen-bond acceptors (Lipinski definition) is 2. The van der Waals surface area contributed by atoms with Gasteiger partial charge in [0.2, 0.25) is 0 Å². The van der Waals surface area contributed by atoms with Gasteiger partial charge in [-0.15, -0.1) is 0 Å². The lowest BCUT2D eigenvalue weighted by Gasteiger charge is -2.26. The first-order chi connectivity index (χ1) is 9.25. The van der Waals surface area contributed by atoms with Crippen molar-refractivity contribution in [2.45, 2.75) is 20.3 Å². The Morgan fingerprint density at radius 1 is 1.16 bits per heavy atom. The van der Waals surface area contributed by atoms with Gasteiger partial charge in [-0.25, -0.2) is 0 Å². The third-order valence-electron chi connectivity index (χ3n) is 4.29. The Hall–Kier alpha value is -1.32. The maximum absolute atomic E-state index is 3.63. The Labute approximate surface area is 115 Å². The molecule has 0 aliphatic carbocycles. The van der Waals surface area contributed by atoms with E-state index in [1.807, 2.05) is 0 Å². The standard InChI is InChI=1S/C16H23N3/c1-12-4-3-5-14-13(2)15(18-16(12)14)6-9-19-10-7-17-8-11-19/h3-5,17-18H,6-11H2,1-2H3. The van der Waals surface area contributed by atoms with Crippen LogP contribution >= 0.6 is 0 Å². The summed E-state index contributed by atoms with van der Waals surface area (Å²) in [6, 6.07) is 6.55. The minimum Gasteiger partial charge on any atom is -0.358 e. The summed E-state index contributed by atoms with van der Waals surface area (Å²) in [5.74, 6) is 0. The number of nitrogens with one attached hydrogen (secondary N) is 2. The topological polar surface area (TPSA) is 31.1 Å². The fourth-order valence-corrected chi connectivity index (χ4v) is 3.01. The number of piperazine rings is 1. The summed E-state index contributed by atoms with van der Waals surface area (Å²) >= 11 is 0. The van der Waals surface area contributed by atoms with Crippen molar-refractivity contribution in [2.75, 3.05) is 32.7 Å². The highest BCUT2D eigenvalue weighted by Crippen LogP contribution is 2.24. The van der Waals surface area contributed by atoms with Gasteiger partial charge in [0.15, 0.2) is 0 Å². The molecule has 0 spiro atoms. The molecule has 1 aliphatic rings. The van der Waals surface area contributed by atoms with Gasteiger partial charge in [-0.3, -0.25) is 0 Å². The van der Waals surface area contributed by atoms with Gasteiger partial charge in [0, 0.05) is 55.7 Å². The Bertz CT molecular complexity index is 565. The molecule has 2 heterocycles. The van der Waals surface area contributed by atoms with Gasteiger partial charge in [0.1, 0.15) is 0 Å². The molecular formula is C16H23N3. The van der Waals surface area contributed by atoms with Gasteiger partial charge in [-0.2, -0.15) is 0 Å². The average molecular weight is 257 g/mol. The quantitative estimate of drug-likeness (QED) is 0.883. The second-order valence-corrected chi connectivity index (χ2v) is 5.57. The molecule has 1 aliphatic heterocycles. The summed E-state index contributed by atoms with van der Waals surface area (Å²) < 4.78 is 0. The highest BCUT2D eigenvalue weighted by molar-refractivity contribution is 5.86. The summed E-state index contributed by atoms with van der Waals surface area (Å²) in [4.78, 5) is 6.18. The van der Waals surface area contributed by atoms with Crippen LogP contribution in [-0.2, 0) is 6.42 Å². The number of H-pyrrole nitrogens is 1. The number of rotatable bonds is 3. The van der Waals surface area contributed by atoms with E-state index in [1.165, 1.54) is 40.8 Å². The van der Waals surface area contributed by atoms with Crippen LogP contribution in [0.2, 0.25) is 0 Å². The lowest BCUT2D eigenvalue weighted by molar-refractivity contribution is 0.243. The highest BCUT2D eigenvalue weighted by atomic mass is 15.2. The van der Waals surface area contributed by atoms with E-state index in [0.29, 0.717) is 0 Å². The van der Waals surface area contributed by atoms with Crippen molar-refractivity contribution in [1.82, 2.24) is 15.2 Å². The van der Waals surface area contributed by atoms with Crippen LogP contribution < -0.4 is 5.32 Å². The van der Waals surface area contributed by atoms with Crippen LogP contribution in [0, 0.1) is 13.8 Å². The SMILES string of the molecule is Cc1c(CCN2CCNCC2)[nH]c2c(C)cccc12. The van der Waals surface area contributed by atoms with Crippen molar-refractivity contribution < 1.29 is 0 Å². The maximum atomic E-state index is 3.63. The highest BCUT2D eigenvalue weighted by Gasteiger charge is 2.12. The van der Waals surface area contributed by atoms with Crippen molar-refractivity contribution in [3.63, 3.8) is 0 Å². The average Bonchev–Trinajstić information content (AvgIpc) is 2.77. The number of aromatic amines is 1. The maximum Gasteiger partial charge on any atom is 0.0488 e. The lowest BCUT2D eigenvalue weighted by atomic mass is 10.1. The summed E-state index contributed by atoms with van der Waals surface area (Å²) in [6.45, 7) is 10.2. The number of nitrogens with zero attached hydrogens (tertiary/aromatic N) is 1. The van der Waals surface area contributed by atoms with Gasteiger partial charge in [0.05, 0.1) is 0 Å². The third kappa shape index (κ3) is 2.53. The first-order valence-corrected chi connectivity index (χ1v) is 7.25. The van der Waals surface area contributed by atoms with E-state index in [0.717, 1.165) is 26.1 Å². The van der Waals surface area contributed by atoms with Crippen molar-refractivity contribution in [2.24, 2.45) is 0 Å². The molecule has 0 atom stereocenters. The van der Waals surface area contributed by atoms with Crippen LogP contribution in [0.25, 0.3) is 10.9 Å². The van der Waals surface area contributed by atoms with E-state index in [9.17, 15) is 0 Å². The third-order valence-corrected chi connectivity index (χ3v) is 4.29. The number of aryl methyl sites for hydroxylation is 2. The van der Waals surface area contributed by atoms with Crippen LogP contribution in [0.1, 0.15) is 16.8 Å². The first kappa shape index (κ1) is 12.7. The predicted molar refractivity (Wildman–Crippen MR) is 80.8 cm³/mol. The fraction of sp³-hybridized carbons (Fsp3) is 0.500. The largest absolute Gasteiger partial charge is 0.358 e. The van der Waals surface area contributed by atoms with Crippen LogP contribution in [-0.4, -0.2) is 42.6 Å². The molecule has 0 bridgehead atoms. The molecule has 3 nitrogen and oxygen atoms in total. The molecule has 3 heteroatoms. The van der Waals surface area contributed by atoms with Crippen LogP contribution in [0.15, 0.2) is 18.2 Å². The number of aromatic nitrogens is 1. The van der Waals surface area contributed by atoms with E-state index in [1.54, 1.807) is 0 Å². The zero-order valence-electron chi connectivity index (χ0n) is 11.9. The minimum atomic E-state index is 1.12. The van der Waals surface area contributed by atoms with Gasteiger partial charge >= 0.3 is 0 Å². The number of benzene rings is 1. The van der Waals surface area contributed by atoms with Crippen LogP contribution in [0.4, 0.5) is 0 Å². The Balaban J connectivity index is 1.77. The predicted octanol–water partition coefficient (Wildman–Crippen LogP) is 2.23. The lowest BCUT2D eigenvalue weighted by Crippen LogP contribution is -2.44. The smallest absolute Gasteiger partial charge is 0.0488 e. The van der Waals surface area contributed by atoms with Crippen LogP contribution in [0.5, 0.6) is 0 Å². The van der Waals surface area contributed by atoms with E-state index >= 15 is 0 Å². The molecule has 1 aromatic heterocycles. The molecule has 19 heavy (non-hydrogen) atoms. The normalized spacial score (nSPS) is 17.2.